The van der Waals surface area contributed by atoms with E-state index in [0.29, 0.717) is 0 Å². The zero-order valence-electron chi connectivity index (χ0n) is 11.3. The summed E-state index contributed by atoms with van der Waals surface area (Å²) in [5.41, 5.74) is 4.56. The van der Waals surface area contributed by atoms with Crippen LogP contribution in [0.15, 0.2) is 34.9 Å². The standard InChI is InChI=1S/C16H26/c1-13(2)7-5-8-14(3)9-6-10-15(4)16-11-12-16/h7,9-10,16H,5-6,8,11-12H2,1-4H3/b14-9+,15-10-. The smallest absolute Gasteiger partial charge is 0.0164 e. The van der Waals surface area contributed by atoms with Gasteiger partial charge in [-0.1, -0.05) is 34.9 Å². The Bertz CT molecular complexity index is 294. The van der Waals surface area contributed by atoms with E-state index in [-0.39, 0.29) is 0 Å². The molecule has 0 heteroatoms. The Hall–Kier alpha value is -0.780. The van der Waals surface area contributed by atoms with Gasteiger partial charge in [-0.25, -0.2) is 0 Å². The highest BCUT2D eigenvalue weighted by Crippen LogP contribution is 2.36. The molecule has 1 saturated carbocycles. The Morgan fingerprint density at radius 3 is 2.25 bits per heavy atom. The molecule has 0 aromatic carbocycles. The Balaban J connectivity index is 2.22. The van der Waals surface area contributed by atoms with E-state index in [0.717, 1.165) is 12.3 Å². The molecule has 90 valence electrons. The van der Waals surface area contributed by atoms with Crippen LogP contribution >= 0.6 is 0 Å². The van der Waals surface area contributed by atoms with Crippen LogP contribution in [0.5, 0.6) is 0 Å². The van der Waals surface area contributed by atoms with Crippen LogP contribution in [0.3, 0.4) is 0 Å². The number of rotatable bonds is 6. The average molecular weight is 218 g/mol. The van der Waals surface area contributed by atoms with Gasteiger partial charge < -0.3 is 0 Å². The molecule has 1 aliphatic rings. The van der Waals surface area contributed by atoms with Gasteiger partial charge in [-0.15, -0.1) is 0 Å². The number of allylic oxidation sites excluding steroid dienone is 6. The summed E-state index contributed by atoms with van der Waals surface area (Å²) in [4.78, 5) is 0. The molecule has 0 saturated heterocycles. The van der Waals surface area contributed by atoms with Gasteiger partial charge in [0.1, 0.15) is 0 Å². The summed E-state index contributed by atoms with van der Waals surface area (Å²) >= 11 is 0. The maximum Gasteiger partial charge on any atom is -0.0164 e. The van der Waals surface area contributed by atoms with E-state index in [4.69, 9.17) is 0 Å². The average Bonchev–Trinajstić information content (AvgIpc) is 2.99. The molecule has 0 aliphatic heterocycles. The Morgan fingerprint density at radius 2 is 1.69 bits per heavy atom. The second kappa shape index (κ2) is 6.73. The van der Waals surface area contributed by atoms with Crippen molar-refractivity contribution in [2.75, 3.05) is 0 Å². The van der Waals surface area contributed by atoms with Gasteiger partial charge in [-0.3, -0.25) is 0 Å². The Labute approximate surface area is 101 Å². The van der Waals surface area contributed by atoms with Crippen LogP contribution in [-0.2, 0) is 0 Å². The first-order chi connectivity index (χ1) is 7.59. The largest absolute Gasteiger partial charge is 0.0856 e. The zero-order chi connectivity index (χ0) is 12.0. The quantitative estimate of drug-likeness (QED) is 0.522. The Morgan fingerprint density at radius 1 is 1.00 bits per heavy atom. The highest BCUT2D eigenvalue weighted by molar-refractivity contribution is 5.13. The van der Waals surface area contributed by atoms with E-state index in [1.807, 2.05) is 0 Å². The van der Waals surface area contributed by atoms with Crippen molar-refractivity contribution in [2.24, 2.45) is 5.92 Å². The highest BCUT2D eigenvalue weighted by atomic mass is 14.3. The number of hydrogen-bond donors (Lipinski definition) is 0. The zero-order valence-corrected chi connectivity index (χ0v) is 11.3. The summed E-state index contributed by atoms with van der Waals surface area (Å²) < 4.78 is 0. The molecular weight excluding hydrogens is 192 g/mol. The van der Waals surface area contributed by atoms with E-state index >= 15 is 0 Å². The molecule has 0 nitrogen and oxygen atoms in total. The highest BCUT2D eigenvalue weighted by Gasteiger charge is 2.22. The summed E-state index contributed by atoms with van der Waals surface area (Å²) in [5.74, 6) is 0.930. The van der Waals surface area contributed by atoms with Crippen molar-refractivity contribution in [3.63, 3.8) is 0 Å². The third-order valence-electron chi connectivity index (χ3n) is 3.22. The van der Waals surface area contributed by atoms with E-state index in [1.54, 1.807) is 5.57 Å². The number of hydrogen-bond acceptors (Lipinski definition) is 0. The van der Waals surface area contributed by atoms with E-state index in [1.165, 1.54) is 36.8 Å². The molecule has 0 spiro atoms. The van der Waals surface area contributed by atoms with Gasteiger partial charge in [-0.05, 0) is 65.7 Å². The molecule has 1 rings (SSSR count). The summed E-state index contributed by atoms with van der Waals surface area (Å²) in [6, 6.07) is 0. The van der Waals surface area contributed by atoms with Gasteiger partial charge >= 0.3 is 0 Å². The molecule has 0 N–H and O–H groups in total. The summed E-state index contributed by atoms with van der Waals surface area (Å²) in [5, 5.41) is 0. The fourth-order valence-electron chi connectivity index (χ4n) is 1.84. The van der Waals surface area contributed by atoms with Crippen LogP contribution < -0.4 is 0 Å². The molecule has 0 radical (unpaired) electrons. The normalized spacial score (nSPS) is 17.5. The minimum atomic E-state index is 0.930. The first kappa shape index (κ1) is 13.3. The first-order valence-electron chi connectivity index (χ1n) is 6.55. The lowest BCUT2D eigenvalue weighted by Crippen LogP contribution is -1.79. The van der Waals surface area contributed by atoms with Crippen LogP contribution in [-0.4, -0.2) is 0 Å². The first-order valence-corrected chi connectivity index (χ1v) is 6.55. The minimum absolute atomic E-state index is 0.930. The molecule has 0 aromatic heterocycles. The van der Waals surface area contributed by atoms with Crippen molar-refractivity contribution in [3.8, 4) is 0 Å². The SMILES string of the molecule is CC(C)=CCC/C(C)=C/C/C=C(/C)C1CC1. The third kappa shape index (κ3) is 5.95. The van der Waals surface area contributed by atoms with Gasteiger partial charge in [0, 0.05) is 0 Å². The second-order valence-electron chi connectivity index (χ2n) is 5.33. The molecule has 0 atom stereocenters. The van der Waals surface area contributed by atoms with E-state index in [9.17, 15) is 0 Å². The third-order valence-corrected chi connectivity index (χ3v) is 3.22. The molecule has 0 bridgehead atoms. The topological polar surface area (TPSA) is 0 Å². The minimum Gasteiger partial charge on any atom is -0.0856 e. The monoisotopic (exact) mass is 218 g/mol. The van der Waals surface area contributed by atoms with Crippen molar-refractivity contribution in [1.82, 2.24) is 0 Å². The van der Waals surface area contributed by atoms with Gasteiger partial charge in [0.15, 0.2) is 0 Å². The molecule has 0 amide bonds. The van der Waals surface area contributed by atoms with Crippen LogP contribution in [0.4, 0.5) is 0 Å². The van der Waals surface area contributed by atoms with E-state index in [2.05, 4.69) is 45.9 Å². The molecule has 0 unspecified atom stereocenters. The van der Waals surface area contributed by atoms with Gasteiger partial charge in [0.05, 0.1) is 0 Å². The second-order valence-corrected chi connectivity index (χ2v) is 5.33. The molecule has 0 heterocycles. The molecule has 1 fully saturated rings. The van der Waals surface area contributed by atoms with Gasteiger partial charge in [-0.2, -0.15) is 0 Å². The molecule has 1 aliphatic carbocycles. The van der Waals surface area contributed by atoms with Crippen LogP contribution in [0.2, 0.25) is 0 Å². The van der Waals surface area contributed by atoms with Gasteiger partial charge in [0.25, 0.3) is 0 Å². The maximum atomic E-state index is 2.40. The van der Waals surface area contributed by atoms with Crippen molar-refractivity contribution < 1.29 is 0 Å². The van der Waals surface area contributed by atoms with Crippen LogP contribution in [0, 0.1) is 5.92 Å². The van der Waals surface area contributed by atoms with Crippen LogP contribution in [0.25, 0.3) is 0 Å². The summed E-state index contributed by atoms with van der Waals surface area (Å²) in [6.45, 7) is 8.87. The van der Waals surface area contributed by atoms with Crippen molar-refractivity contribution in [2.45, 2.75) is 59.8 Å². The lowest BCUT2D eigenvalue weighted by molar-refractivity contribution is 0.952. The van der Waals surface area contributed by atoms with E-state index < -0.39 is 0 Å². The van der Waals surface area contributed by atoms with Crippen molar-refractivity contribution >= 4 is 0 Å². The lowest BCUT2D eigenvalue weighted by Gasteiger charge is -1.99. The summed E-state index contributed by atoms with van der Waals surface area (Å²) in [6.07, 6.45) is 13.5. The lowest BCUT2D eigenvalue weighted by atomic mass is 10.1. The fourth-order valence-corrected chi connectivity index (χ4v) is 1.84. The fraction of sp³-hybridized carbons (Fsp3) is 0.625. The maximum absolute atomic E-state index is 2.40. The van der Waals surface area contributed by atoms with Crippen molar-refractivity contribution in [1.29, 1.82) is 0 Å². The summed E-state index contributed by atoms with van der Waals surface area (Å²) in [7, 11) is 0. The van der Waals surface area contributed by atoms with Gasteiger partial charge in [0.2, 0.25) is 0 Å². The van der Waals surface area contributed by atoms with Crippen molar-refractivity contribution in [3.05, 3.63) is 34.9 Å². The Kier molecular flexibility index (Phi) is 5.59. The molecule has 0 aromatic rings. The van der Waals surface area contributed by atoms with Crippen LogP contribution in [0.1, 0.15) is 59.8 Å². The molecular formula is C16H26. The predicted octanol–water partition coefficient (Wildman–Crippen LogP) is 5.43. The molecule has 16 heavy (non-hydrogen) atoms. The predicted molar refractivity (Wildman–Crippen MR) is 73.5 cm³/mol.